The van der Waals surface area contributed by atoms with Crippen LogP contribution in [0.2, 0.25) is 10.0 Å². The molecule has 14 heteroatoms. The third-order valence-electron chi connectivity index (χ3n) is 8.13. The Labute approximate surface area is 273 Å². The van der Waals surface area contributed by atoms with Crippen molar-refractivity contribution < 1.29 is 19.1 Å². The maximum Gasteiger partial charge on any atom is 0.330 e. The molecule has 0 unspecified atom stereocenters. The zero-order chi connectivity index (χ0) is 32.7. The monoisotopic (exact) mass is 664 g/mol. The molecule has 0 spiro atoms. The van der Waals surface area contributed by atoms with Crippen LogP contribution in [-0.2, 0) is 18.9 Å². The Morgan fingerprint density at radius 1 is 1.09 bits per heavy atom. The Kier molecular flexibility index (Phi) is 8.60. The number of hydrogen-bond donors (Lipinski definition) is 3. The highest BCUT2D eigenvalue weighted by Crippen LogP contribution is 2.45. The average Bonchev–Trinajstić information content (AvgIpc) is 3.66. The molecule has 46 heavy (non-hydrogen) atoms. The van der Waals surface area contributed by atoms with E-state index < -0.39 is 17.2 Å². The zero-order valence-corrected chi connectivity index (χ0v) is 26.7. The van der Waals surface area contributed by atoms with Gasteiger partial charge in [0.15, 0.2) is 0 Å². The van der Waals surface area contributed by atoms with Crippen LogP contribution in [0, 0.1) is 0 Å². The van der Waals surface area contributed by atoms with Crippen molar-refractivity contribution in [2.24, 2.45) is 14.1 Å². The molecule has 2 aliphatic rings. The Morgan fingerprint density at radius 2 is 1.80 bits per heavy atom. The van der Waals surface area contributed by atoms with E-state index in [9.17, 15) is 19.2 Å². The lowest BCUT2D eigenvalue weighted by Gasteiger charge is -2.18. The van der Waals surface area contributed by atoms with E-state index in [0.717, 1.165) is 21.1 Å². The van der Waals surface area contributed by atoms with Crippen LogP contribution < -0.4 is 36.7 Å². The number of fused-ring (bicyclic) bond motifs is 1. The van der Waals surface area contributed by atoms with Crippen molar-refractivity contribution in [2.75, 3.05) is 25.6 Å². The highest BCUT2D eigenvalue weighted by molar-refractivity contribution is 6.39. The van der Waals surface area contributed by atoms with Crippen LogP contribution in [0.25, 0.3) is 22.4 Å². The van der Waals surface area contributed by atoms with E-state index in [0.29, 0.717) is 58.6 Å². The van der Waals surface area contributed by atoms with Crippen LogP contribution in [-0.4, -0.2) is 52.2 Å². The van der Waals surface area contributed by atoms with Gasteiger partial charge < -0.3 is 30.0 Å². The fraction of sp³-hybridized carbons (Fsp3) is 0.281. The van der Waals surface area contributed by atoms with Crippen LogP contribution in [0.15, 0.2) is 58.3 Å². The second kappa shape index (κ2) is 12.6. The number of anilines is 1. The standard InChI is InChI=1S/C32H30Cl2N6O6/c1-39-14-20(31(43)40(2)32(39)44)29(42)37-21-9-5-7-18(28(21)34)17-6-4-8-19(27(17)33)22-12-24-26(30(38-22)45-3)23(15-46-24)35-13-16-10-11-25(41)36-16/h4-9,12,14,16,23,35H,10-11,13,15H2,1-3H3,(H,36,41)(H,37,42)/t16-,23-/m0/s1. The van der Waals surface area contributed by atoms with Crippen molar-refractivity contribution in [3.8, 4) is 34.0 Å². The van der Waals surface area contributed by atoms with Crippen molar-refractivity contribution in [1.29, 1.82) is 0 Å². The molecule has 4 heterocycles. The summed E-state index contributed by atoms with van der Waals surface area (Å²) in [6, 6.07) is 12.2. The van der Waals surface area contributed by atoms with Crippen LogP contribution in [0.4, 0.5) is 5.69 Å². The fourth-order valence-corrected chi connectivity index (χ4v) is 6.30. The molecule has 1 fully saturated rings. The van der Waals surface area contributed by atoms with Gasteiger partial charge in [-0.1, -0.05) is 53.5 Å². The minimum absolute atomic E-state index is 0.0593. The molecule has 2 aromatic heterocycles. The number of ether oxygens (including phenoxy) is 2. The topological polar surface area (TPSA) is 146 Å². The first-order chi connectivity index (χ1) is 22.1. The Bertz CT molecular complexity index is 2010. The molecule has 12 nitrogen and oxygen atoms in total. The second-order valence-corrected chi connectivity index (χ2v) is 11.8. The largest absolute Gasteiger partial charge is 0.491 e. The summed E-state index contributed by atoms with van der Waals surface area (Å²) >= 11 is 13.8. The lowest BCUT2D eigenvalue weighted by Crippen LogP contribution is -2.40. The predicted octanol–water partition coefficient (Wildman–Crippen LogP) is 3.68. The lowest BCUT2D eigenvalue weighted by molar-refractivity contribution is -0.119. The third-order valence-corrected chi connectivity index (χ3v) is 8.95. The number of hydrogen-bond acceptors (Lipinski definition) is 8. The number of carbonyl (C=O) groups is 2. The molecule has 0 aliphatic carbocycles. The van der Waals surface area contributed by atoms with E-state index in [-0.39, 0.29) is 34.3 Å². The van der Waals surface area contributed by atoms with E-state index in [2.05, 4.69) is 16.0 Å². The number of nitrogens with zero attached hydrogens (tertiary/aromatic N) is 3. The molecule has 0 saturated carbocycles. The quantitative estimate of drug-likeness (QED) is 0.259. The number of methoxy groups -OCH3 is 1. The molecule has 2 aromatic carbocycles. The molecule has 2 amide bonds. The zero-order valence-electron chi connectivity index (χ0n) is 25.1. The molecule has 3 N–H and O–H groups in total. The average molecular weight is 666 g/mol. The Balaban J connectivity index is 1.29. The summed E-state index contributed by atoms with van der Waals surface area (Å²) in [5, 5.41) is 9.66. The smallest absolute Gasteiger partial charge is 0.330 e. The number of benzene rings is 2. The molecule has 0 radical (unpaired) electrons. The SMILES string of the molecule is COc1nc(-c2cccc(-c3cccc(NC(=O)c4cn(C)c(=O)n(C)c4=O)c3Cl)c2Cl)cc2c1[C@@H](NC[C@@H]1CCC(=O)N1)CO2. The van der Waals surface area contributed by atoms with E-state index in [1.54, 1.807) is 31.4 Å². The predicted molar refractivity (Wildman–Crippen MR) is 174 cm³/mol. The number of halogens is 2. The van der Waals surface area contributed by atoms with Crippen molar-refractivity contribution >= 4 is 40.7 Å². The fourth-order valence-electron chi connectivity index (χ4n) is 5.70. The first-order valence-corrected chi connectivity index (χ1v) is 15.2. The summed E-state index contributed by atoms with van der Waals surface area (Å²) in [6.07, 6.45) is 2.50. The molecule has 1 saturated heterocycles. The molecule has 0 bridgehead atoms. The molecular weight excluding hydrogens is 635 g/mol. The summed E-state index contributed by atoms with van der Waals surface area (Å²) < 4.78 is 13.7. The van der Waals surface area contributed by atoms with Crippen LogP contribution in [0.1, 0.15) is 34.8 Å². The molecule has 238 valence electrons. The van der Waals surface area contributed by atoms with Gasteiger partial charge in [0, 0.05) is 62.1 Å². The van der Waals surface area contributed by atoms with Crippen molar-refractivity contribution in [3.05, 3.63) is 90.7 Å². The summed E-state index contributed by atoms with van der Waals surface area (Å²) in [7, 11) is 4.30. The Morgan fingerprint density at radius 3 is 2.52 bits per heavy atom. The maximum absolute atomic E-state index is 13.1. The molecular formula is C32H30Cl2N6O6. The number of amides is 2. The van der Waals surface area contributed by atoms with Gasteiger partial charge in [-0.05, 0) is 12.5 Å². The van der Waals surface area contributed by atoms with Crippen molar-refractivity contribution in [1.82, 2.24) is 24.8 Å². The summed E-state index contributed by atoms with van der Waals surface area (Å²) in [5.74, 6) is 0.352. The number of pyridine rings is 1. The molecule has 2 atom stereocenters. The van der Waals surface area contributed by atoms with E-state index in [1.165, 1.54) is 20.3 Å². The maximum atomic E-state index is 13.1. The summed E-state index contributed by atoms with van der Waals surface area (Å²) in [6.45, 7) is 0.977. The van der Waals surface area contributed by atoms with E-state index >= 15 is 0 Å². The van der Waals surface area contributed by atoms with Gasteiger partial charge in [-0.2, -0.15) is 0 Å². The van der Waals surface area contributed by atoms with Crippen molar-refractivity contribution in [3.63, 3.8) is 0 Å². The first-order valence-electron chi connectivity index (χ1n) is 14.5. The van der Waals surface area contributed by atoms with Crippen molar-refractivity contribution in [2.45, 2.75) is 24.9 Å². The minimum Gasteiger partial charge on any atom is -0.491 e. The summed E-state index contributed by atoms with van der Waals surface area (Å²) in [4.78, 5) is 54.1. The molecule has 6 rings (SSSR count). The number of aromatic nitrogens is 3. The molecule has 2 aliphatic heterocycles. The van der Waals surface area contributed by atoms with Gasteiger partial charge in [0.25, 0.3) is 11.5 Å². The number of nitrogens with one attached hydrogen (secondary N) is 3. The van der Waals surface area contributed by atoms with Crippen LogP contribution in [0.3, 0.4) is 0 Å². The minimum atomic E-state index is -0.728. The van der Waals surface area contributed by atoms with Crippen LogP contribution in [0.5, 0.6) is 11.6 Å². The highest BCUT2D eigenvalue weighted by atomic mass is 35.5. The molecule has 4 aromatic rings. The normalized spacial score (nSPS) is 16.9. The summed E-state index contributed by atoms with van der Waals surface area (Å²) in [5.41, 5.74) is 1.80. The third kappa shape index (κ3) is 5.75. The van der Waals surface area contributed by atoms with Crippen LogP contribution >= 0.6 is 23.2 Å². The van der Waals surface area contributed by atoms with Gasteiger partial charge in [0.05, 0.1) is 40.1 Å². The van der Waals surface area contributed by atoms with E-state index in [4.69, 9.17) is 37.7 Å². The number of aryl methyl sites for hydroxylation is 1. The van der Waals surface area contributed by atoms with Gasteiger partial charge >= 0.3 is 5.69 Å². The van der Waals surface area contributed by atoms with Gasteiger partial charge in [0.1, 0.15) is 17.9 Å². The lowest BCUT2D eigenvalue weighted by atomic mass is 9.99. The Hall–Kier alpha value is -4.65. The second-order valence-electron chi connectivity index (χ2n) is 11.1. The van der Waals surface area contributed by atoms with Gasteiger partial charge in [-0.3, -0.25) is 19.0 Å². The van der Waals surface area contributed by atoms with E-state index in [1.807, 2.05) is 18.2 Å². The highest BCUT2D eigenvalue weighted by Gasteiger charge is 2.32. The number of carbonyl (C=O) groups excluding carboxylic acids is 2. The number of rotatable bonds is 8. The first kappa shape index (κ1) is 31.3. The van der Waals surface area contributed by atoms with Gasteiger partial charge in [0.2, 0.25) is 11.8 Å². The van der Waals surface area contributed by atoms with Gasteiger partial charge in [-0.25, -0.2) is 9.78 Å². The van der Waals surface area contributed by atoms with Gasteiger partial charge in [-0.15, -0.1) is 0 Å².